The molecule has 1 aliphatic rings. The van der Waals surface area contributed by atoms with Crippen LogP contribution in [0.5, 0.6) is 0 Å². The van der Waals surface area contributed by atoms with Gasteiger partial charge in [-0.1, -0.05) is 12.1 Å². The van der Waals surface area contributed by atoms with Crippen molar-refractivity contribution in [1.82, 2.24) is 4.90 Å². The molecule has 3 rings (SSSR count). The maximum absolute atomic E-state index is 5.77. The lowest BCUT2D eigenvalue weighted by Crippen LogP contribution is -2.20. The normalized spacial score (nSPS) is 25.8. The van der Waals surface area contributed by atoms with Gasteiger partial charge in [0.05, 0.1) is 6.26 Å². The van der Waals surface area contributed by atoms with Gasteiger partial charge in [-0.05, 0) is 43.6 Å². The van der Waals surface area contributed by atoms with Crippen molar-refractivity contribution in [2.75, 3.05) is 20.1 Å². The highest BCUT2D eigenvalue weighted by Gasteiger charge is 2.29. The molecule has 2 heterocycles. The molecule has 0 amide bonds. The zero-order valence-corrected chi connectivity index (χ0v) is 10.1. The van der Waals surface area contributed by atoms with E-state index in [1.165, 1.54) is 10.9 Å². The average molecular weight is 230 g/mol. The number of nitrogens with zero attached hydrogens (tertiary/aromatic N) is 1. The van der Waals surface area contributed by atoms with Gasteiger partial charge in [-0.3, -0.25) is 4.90 Å². The van der Waals surface area contributed by atoms with Crippen molar-refractivity contribution in [2.24, 2.45) is 11.7 Å². The maximum atomic E-state index is 5.77. The first-order valence-corrected chi connectivity index (χ1v) is 6.15. The van der Waals surface area contributed by atoms with Gasteiger partial charge in [-0.15, -0.1) is 0 Å². The number of likely N-dealkylation sites (tertiary alicyclic amines) is 1. The number of rotatable bonds is 2. The fourth-order valence-corrected chi connectivity index (χ4v) is 2.84. The largest absolute Gasteiger partial charge is 0.464 e. The number of fused-ring (bicyclic) bond motifs is 1. The summed E-state index contributed by atoms with van der Waals surface area (Å²) in [5, 5.41) is 1.17. The van der Waals surface area contributed by atoms with E-state index in [-0.39, 0.29) is 0 Å². The van der Waals surface area contributed by atoms with Crippen LogP contribution in [0.4, 0.5) is 0 Å². The van der Waals surface area contributed by atoms with Crippen LogP contribution in [0.2, 0.25) is 0 Å². The van der Waals surface area contributed by atoms with Crippen molar-refractivity contribution in [2.45, 2.75) is 12.5 Å². The van der Waals surface area contributed by atoms with E-state index in [9.17, 15) is 0 Å². The number of nitrogens with two attached hydrogens (primary N) is 1. The molecule has 2 aromatic rings. The van der Waals surface area contributed by atoms with Crippen LogP contribution in [0.25, 0.3) is 11.0 Å². The summed E-state index contributed by atoms with van der Waals surface area (Å²) in [5.41, 5.74) is 8.08. The summed E-state index contributed by atoms with van der Waals surface area (Å²) in [6.07, 6.45) is 2.90. The zero-order chi connectivity index (χ0) is 11.8. The van der Waals surface area contributed by atoms with E-state index in [2.05, 4.69) is 30.1 Å². The third kappa shape index (κ3) is 1.85. The van der Waals surface area contributed by atoms with Crippen molar-refractivity contribution in [1.29, 1.82) is 0 Å². The van der Waals surface area contributed by atoms with Crippen LogP contribution in [0.3, 0.4) is 0 Å². The summed E-state index contributed by atoms with van der Waals surface area (Å²) in [4.78, 5) is 2.39. The Balaban J connectivity index is 1.92. The minimum absolute atomic E-state index is 0.484. The molecule has 2 N–H and O–H groups in total. The molecule has 2 atom stereocenters. The van der Waals surface area contributed by atoms with E-state index >= 15 is 0 Å². The maximum Gasteiger partial charge on any atom is 0.134 e. The van der Waals surface area contributed by atoms with Crippen molar-refractivity contribution in [3.63, 3.8) is 0 Å². The lowest BCUT2D eigenvalue weighted by Gasteiger charge is -2.19. The van der Waals surface area contributed by atoms with E-state index in [0.29, 0.717) is 12.0 Å². The Kier molecular flexibility index (Phi) is 2.65. The van der Waals surface area contributed by atoms with Crippen molar-refractivity contribution >= 4 is 11.0 Å². The molecule has 1 aromatic carbocycles. The van der Waals surface area contributed by atoms with Gasteiger partial charge in [0.25, 0.3) is 0 Å². The third-order valence-electron chi connectivity index (χ3n) is 3.83. The average Bonchev–Trinajstić information content (AvgIpc) is 2.93. The van der Waals surface area contributed by atoms with Gasteiger partial charge in [0, 0.05) is 18.0 Å². The summed E-state index contributed by atoms with van der Waals surface area (Å²) in [5.74, 6) is 0.622. The Bertz CT molecular complexity index is 520. The number of hydrogen-bond donors (Lipinski definition) is 1. The summed E-state index contributed by atoms with van der Waals surface area (Å²) in [6.45, 7) is 1.88. The quantitative estimate of drug-likeness (QED) is 0.861. The molecular formula is C14H18N2O. The summed E-state index contributed by atoms with van der Waals surface area (Å²) < 4.78 is 5.46. The molecule has 17 heavy (non-hydrogen) atoms. The molecular weight excluding hydrogens is 212 g/mol. The molecule has 0 radical (unpaired) electrons. The lowest BCUT2D eigenvalue weighted by atomic mass is 9.99. The SMILES string of the molecule is CN1CC(CN)CC1c1ccc2ccoc2c1. The molecule has 3 heteroatoms. The van der Waals surface area contributed by atoms with Gasteiger partial charge in [-0.2, -0.15) is 0 Å². The van der Waals surface area contributed by atoms with E-state index in [1.54, 1.807) is 6.26 Å². The fraction of sp³-hybridized carbons (Fsp3) is 0.429. The highest BCUT2D eigenvalue weighted by Crippen LogP contribution is 2.34. The molecule has 1 saturated heterocycles. The first-order chi connectivity index (χ1) is 8.28. The van der Waals surface area contributed by atoms with Gasteiger partial charge in [0.2, 0.25) is 0 Å². The van der Waals surface area contributed by atoms with Crippen molar-refractivity contribution in [3.8, 4) is 0 Å². The van der Waals surface area contributed by atoms with E-state index in [0.717, 1.165) is 25.1 Å². The highest BCUT2D eigenvalue weighted by molar-refractivity contribution is 5.77. The molecule has 1 aromatic heterocycles. The van der Waals surface area contributed by atoms with Crippen LogP contribution < -0.4 is 5.73 Å². The minimum atomic E-state index is 0.484. The van der Waals surface area contributed by atoms with Crippen LogP contribution in [-0.4, -0.2) is 25.0 Å². The second-order valence-corrected chi connectivity index (χ2v) is 5.01. The van der Waals surface area contributed by atoms with Gasteiger partial charge in [-0.25, -0.2) is 0 Å². The zero-order valence-electron chi connectivity index (χ0n) is 10.1. The van der Waals surface area contributed by atoms with E-state index < -0.39 is 0 Å². The van der Waals surface area contributed by atoms with Gasteiger partial charge >= 0.3 is 0 Å². The summed E-state index contributed by atoms with van der Waals surface area (Å²) in [6, 6.07) is 8.99. The first kappa shape index (κ1) is 10.8. The Hall–Kier alpha value is -1.32. The Labute approximate surface area is 101 Å². The third-order valence-corrected chi connectivity index (χ3v) is 3.83. The van der Waals surface area contributed by atoms with Crippen LogP contribution in [0, 0.1) is 5.92 Å². The molecule has 0 bridgehead atoms. The molecule has 0 saturated carbocycles. The smallest absolute Gasteiger partial charge is 0.134 e. The van der Waals surface area contributed by atoms with Crippen LogP contribution in [0.1, 0.15) is 18.0 Å². The molecule has 0 spiro atoms. The van der Waals surface area contributed by atoms with Crippen LogP contribution >= 0.6 is 0 Å². The molecule has 1 fully saturated rings. The Morgan fingerprint density at radius 2 is 2.29 bits per heavy atom. The van der Waals surface area contributed by atoms with Crippen LogP contribution in [0.15, 0.2) is 34.9 Å². The van der Waals surface area contributed by atoms with Gasteiger partial charge in [0.1, 0.15) is 5.58 Å². The van der Waals surface area contributed by atoms with Crippen molar-refractivity contribution in [3.05, 3.63) is 36.1 Å². The van der Waals surface area contributed by atoms with E-state index in [4.69, 9.17) is 10.2 Å². The second kappa shape index (κ2) is 4.17. The van der Waals surface area contributed by atoms with Gasteiger partial charge in [0.15, 0.2) is 0 Å². The minimum Gasteiger partial charge on any atom is -0.464 e. The standard InChI is InChI=1S/C14H18N2O/c1-16-9-10(8-15)6-13(16)12-3-2-11-4-5-17-14(11)7-12/h2-5,7,10,13H,6,8-9,15H2,1H3. The monoisotopic (exact) mass is 230 g/mol. The molecule has 0 aliphatic carbocycles. The molecule has 2 unspecified atom stereocenters. The predicted octanol–water partition coefficient (Wildman–Crippen LogP) is 2.38. The number of hydrogen-bond acceptors (Lipinski definition) is 3. The van der Waals surface area contributed by atoms with Gasteiger partial charge < -0.3 is 10.2 Å². The van der Waals surface area contributed by atoms with E-state index in [1.807, 2.05) is 6.07 Å². The Morgan fingerprint density at radius 3 is 3.06 bits per heavy atom. The molecule has 3 nitrogen and oxygen atoms in total. The van der Waals surface area contributed by atoms with Crippen molar-refractivity contribution < 1.29 is 4.42 Å². The van der Waals surface area contributed by atoms with Crippen LogP contribution in [-0.2, 0) is 0 Å². The second-order valence-electron chi connectivity index (χ2n) is 5.01. The summed E-state index contributed by atoms with van der Waals surface area (Å²) >= 11 is 0. The molecule has 1 aliphatic heterocycles. The highest BCUT2D eigenvalue weighted by atomic mass is 16.3. The predicted molar refractivity (Wildman–Crippen MR) is 68.7 cm³/mol. The lowest BCUT2D eigenvalue weighted by molar-refractivity contribution is 0.313. The fourth-order valence-electron chi connectivity index (χ4n) is 2.84. The first-order valence-electron chi connectivity index (χ1n) is 6.15. The Morgan fingerprint density at radius 1 is 1.41 bits per heavy atom. The topological polar surface area (TPSA) is 42.4 Å². The number of benzene rings is 1. The number of furan rings is 1. The summed E-state index contributed by atoms with van der Waals surface area (Å²) in [7, 11) is 2.17. The molecule has 90 valence electrons.